The fourth-order valence-electron chi connectivity index (χ4n) is 4.08. The molecule has 6 nitrogen and oxygen atoms in total. The number of nitrogens with one attached hydrogen (secondary N) is 1. The van der Waals surface area contributed by atoms with Crippen molar-refractivity contribution in [3.05, 3.63) is 71.6 Å². The summed E-state index contributed by atoms with van der Waals surface area (Å²) in [6.45, 7) is 6.51. The largest absolute Gasteiger partial charge is 0.349 e. The number of benzene rings is 2. The van der Waals surface area contributed by atoms with Gasteiger partial charge in [0.05, 0.1) is 12.6 Å². The average molecular weight is 419 g/mol. The minimum Gasteiger partial charge on any atom is -0.349 e. The second-order valence-corrected chi connectivity index (χ2v) is 8.31. The van der Waals surface area contributed by atoms with Crippen LogP contribution in [0.2, 0.25) is 0 Å². The predicted octanol–water partition coefficient (Wildman–Crippen LogP) is 4.52. The summed E-state index contributed by atoms with van der Waals surface area (Å²) in [5.41, 5.74) is 3.35. The molecule has 1 aliphatic heterocycles. The van der Waals surface area contributed by atoms with Crippen LogP contribution in [-0.4, -0.2) is 34.0 Å². The molecule has 0 radical (unpaired) electrons. The normalized spacial score (nSPS) is 16.2. The summed E-state index contributed by atoms with van der Waals surface area (Å²) < 4.78 is 5.44. The van der Waals surface area contributed by atoms with E-state index in [1.807, 2.05) is 30.3 Å². The van der Waals surface area contributed by atoms with Gasteiger partial charge in [0.15, 0.2) is 0 Å². The predicted molar refractivity (Wildman–Crippen MR) is 120 cm³/mol. The number of hydrogen-bond acceptors (Lipinski definition) is 5. The molecular formula is C25H30N4O2. The number of piperidine rings is 1. The second kappa shape index (κ2) is 9.88. The van der Waals surface area contributed by atoms with E-state index in [4.69, 9.17) is 4.52 Å². The Morgan fingerprint density at radius 3 is 2.52 bits per heavy atom. The van der Waals surface area contributed by atoms with E-state index >= 15 is 0 Å². The van der Waals surface area contributed by atoms with E-state index in [0.717, 1.165) is 37.9 Å². The van der Waals surface area contributed by atoms with Gasteiger partial charge in [-0.2, -0.15) is 4.98 Å². The zero-order chi connectivity index (χ0) is 21.6. The van der Waals surface area contributed by atoms with Crippen LogP contribution in [0.5, 0.6) is 0 Å². The molecule has 0 saturated carbocycles. The number of hydrogen-bond donors (Lipinski definition) is 1. The highest BCUT2D eigenvalue weighted by atomic mass is 16.5. The van der Waals surface area contributed by atoms with Crippen LogP contribution in [0.4, 0.5) is 0 Å². The maximum Gasteiger partial charge on any atom is 0.241 e. The standard InChI is InChI=1S/C25H30N4O2/c1-3-22(19-11-9-18(2)10-12-19)26-25(30)21-13-15-29(16-14-21)17-23-27-24(28-31-23)20-7-5-4-6-8-20/h4-12,21-22H,3,13-17H2,1-2H3,(H,26,30). The first kappa shape index (κ1) is 21.2. The topological polar surface area (TPSA) is 71.3 Å². The van der Waals surface area contributed by atoms with Crippen molar-refractivity contribution in [1.82, 2.24) is 20.4 Å². The smallest absolute Gasteiger partial charge is 0.241 e. The van der Waals surface area contributed by atoms with Gasteiger partial charge in [0, 0.05) is 11.5 Å². The molecule has 2 heterocycles. The third-order valence-corrected chi connectivity index (χ3v) is 6.02. The molecule has 1 N–H and O–H groups in total. The number of aryl methyl sites for hydroxylation is 1. The maximum atomic E-state index is 12.9. The van der Waals surface area contributed by atoms with Crippen LogP contribution in [-0.2, 0) is 11.3 Å². The van der Waals surface area contributed by atoms with Crippen LogP contribution >= 0.6 is 0 Å². The summed E-state index contributed by atoms with van der Waals surface area (Å²) in [4.78, 5) is 19.7. The minimum absolute atomic E-state index is 0.0540. The SMILES string of the molecule is CCC(NC(=O)C1CCN(Cc2nc(-c3ccccc3)no2)CC1)c1ccc(C)cc1. The van der Waals surface area contributed by atoms with Crippen molar-refractivity contribution in [2.45, 2.75) is 45.7 Å². The summed E-state index contributed by atoms with van der Waals surface area (Å²) >= 11 is 0. The van der Waals surface area contributed by atoms with Gasteiger partial charge in [-0.15, -0.1) is 0 Å². The molecule has 1 atom stereocenters. The molecule has 0 bridgehead atoms. The Kier molecular flexibility index (Phi) is 6.77. The number of rotatable bonds is 7. The maximum absolute atomic E-state index is 12.9. The van der Waals surface area contributed by atoms with E-state index in [2.05, 4.69) is 58.5 Å². The Morgan fingerprint density at radius 1 is 1.13 bits per heavy atom. The molecule has 2 aromatic carbocycles. The molecule has 4 rings (SSSR count). The van der Waals surface area contributed by atoms with Crippen LogP contribution in [0.15, 0.2) is 59.1 Å². The quantitative estimate of drug-likeness (QED) is 0.611. The van der Waals surface area contributed by atoms with Crippen molar-refractivity contribution in [1.29, 1.82) is 0 Å². The first-order chi connectivity index (χ1) is 15.1. The Bertz CT molecular complexity index is 976. The van der Waals surface area contributed by atoms with Crippen molar-refractivity contribution >= 4 is 5.91 Å². The lowest BCUT2D eigenvalue weighted by Gasteiger charge is -2.31. The van der Waals surface area contributed by atoms with Gasteiger partial charge in [-0.25, -0.2) is 0 Å². The molecule has 0 aliphatic carbocycles. The molecular weight excluding hydrogens is 388 g/mol. The third kappa shape index (κ3) is 5.39. The van der Waals surface area contributed by atoms with E-state index in [9.17, 15) is 4.79 Å². The van der Waals surface area contributed by atoms with Gasteiger partial charge in [0.2, 0.25) is 17.6 Å². The van der Waals surface area contributed by atoms with Gasteiger partial charge in [0.1, 0.15) is 0 Å². The third-order valence-electron chi connectivity index (χ3n) is 6.02. The lowest BCUT2D eigenvalue weighted by Crippen LogP contribution is -2.41. The van der Waals surface area contributed by atoms with E-state index in [-0.39, 0.29) is 17.9 Å². The molecule has 1 aromatic heterocycles. The summed E-state index contributed by atoms with van der Waals surface area (Å²) in [5.74, 6) is 1.45. The van der Waals surface area contributed by atoms with Gasteiger partial charge in [-0.05, 0) is 44.8 Å². The number of amides is 1. The first-order valence-corrected chi connectivity index (χ1v) is 11.1. The van der Waals surface area contributed by atoms with Gasteiger partial charge in [-0.3, -0.25) is 9.69 Å². The molecule has 0 spiro atoms. The van der Waals surface area contributed by atoms with E-state index < -0.39 is 0 Å². The average Bonchev–Trinajstić information content (AvgIpc) is 3.27. The first-order valence-electron chi connectivity index (χ1n) is 11.1. The van der Waals surface area contributed by atoms with Gasteiger partial charge in [-0.1, -0.05) is 72.2 Å². The molecule has 3 aromatic rings. The van der Waals surface area contributed by atoms with Crippen LogP contribution in [0.25, 0.3) is 11.4 Å². The number of likely N-dealkylation sites (tertiary alicyclic amines) is 1. The lowest BCUT2D eigenvalue weighted by molar-refractivity contribution is -0.127. The van der Waals surface area contributed by atoms with Crippen LogP contribution < -0.4 is 5.32 Å². The fraction of sp³-hybridized carbons (Fsp3) is 0.400. The minimum atomic E-state index is 0.0540. The highest BCUT2D eigenvalue weighted by Gasteiger charge is 2.27. The Hall–Kier alpha value is -2.99. The summed E-state index contributed by atoms with van der Waals surface area (Å²) in [6.07, 6.45) is 2.57. The molecule has 1 aliphatic rings. The molecule has 1 saturated heterocycles. The van der Waals surface area contributed by atoms with Crippen molar-refractivity contribution in [2.24, 2.45) is 5.92 Å². The molecule has 1 fully saturated rings. The fourth-order valence-corrected chi connectivity index (χ4v) is 4.08. The highest BCUT2D eigenvalue weighted by Crippen LogP contribution is 2.23. The molecule has 162 valence electrons. The van der Waals surface area contributed by atoms with Crippen molar-refractivity contribution in [2.75, 3.05) is 13.1 Å². The van der Waals surface area contributed by atoms with Crippen LogP contribution in [0.1, 0.15) is 49.2 Å². The summed E-state index contributed by atoms with van der Waals surface area (Å²) in [7, 11) is 0. The van der Waals surface area contributed by atoms with Gasteiger partial charge >= 0.3 is 0 Å². The number of aromatic nitrogens is 2. The van der Waals surface area contributed by atoms with Crippen LogP contribution in [0.3, 0.4) is 0 Å². The zero-order valence-corrected chi connectivity index (χ0v) is 18.3. The Balaban J connectivity index is 1.28. The van der Waals surface area contributed by atoms with E-state index in [1.165, 1.54) is 11.1 Å². The molecule has 1 unspecified atom stereocenters. The van der Waals surface area contributed by atoms with Crippen molar-refractivity contribution in [3.63, 3.8) is 0 Å². The van der Waals surface area contributed by atoms with E-state index in [1.54, 1.807) is 0 Å². The number of carbonyl (C=O) groups is 1. The van der Waals surface area contributed by atoms with E-state index in [0.29, 0.717) is 18.3 Å². The molecule has 6 heteroatoms. The summed E-state index contributed by atoms with van der Waals surface area (Å²) in [5, 5.41) is 7.35. The highest BCUT2D eigenvalue weighted by molar-refractivity contribution is 5.79. The number of carbonyl (C=O) groups excluding carboxylic acids is 1. The van der Waals surface area contributed by atoms with Crippen LogP contribution in [0, 0.1) is 12.8 Å². The molecule has 31 heavy (non-hydrogen) atoms. The second-order valence-electron chi connectivity index (χ2n) is 8.31. The van der Waals surface area contributed by atoms with Crippen molar-refractivity contribution < 1.29 is 9.32 Å². The molecule has 1 amide bonds. The van der Waals surface area contributed by atoms with Gasteiger partial charge in [0.25, 0.3) is 0 Å². The zero-order valence-electron chi connectivity index (χ0n) is 18.3. The monoisotopic (exact) mass is 418 g/mol. The summed E-state index contributed by atoms with van der Waals surface area (Å²) in [6, 6.07) is 18.3. The van der Waals surface area contributed by atoms with Gasteiger partial charge < -0.3 is 9.84 Å². The lowest BCUT2D eigenvalue weighted by atomic mass is 9.94. The Labute approximate surface area is 183 Å². The Morgan fingerprint density at radius 2 is 1.84 bits per heavy atom. The number of nitrogens with zero attached hydrogens (tertiary/aromatic N) is 3. The van der Waals surface area contributed by atoms with Crippen molar-refractivity contribution in [3.8, 4) is 11.4 Å².